The molecule has 0 aliphatic rings. The number of rotatable bonds is 5. The third-order valence-electron chi connectivity index (χ3n) is 3.66. The van der Waals surface area contributed by atoms with E-state index in [1.54, 1.807) is 26.0 Å². The number of aryl methyl sites for hydroxylation is 1. The van der Waals surface area contributed by atoms with Gasteiger partial charge in [0.05, 0.1) is 12.2 Å². The van der Waals surface area contributed by atoms with E-state index in [1.807, 2.05) is 13.0 Å². The Balaban J connectivity index is 2.31. The molecule has 0 aliphatic heterocycles. The summed E-state index contributed by atoms with van der Waals surface area (Å²) in [4.78, 5) is 25.5. The summed E-state index contributed by atoms with van der Waals surface area (Å²) in [5, 5.41) is 21.6. The van der Waals surface area contributed by atoms with Gasteiger partial charge in [0, 0.05) is 4.88 Å². The van der Waals surface area contributed by atoms with Crippen LogP contribution in [-0.4, -0.2) is 23.6 Å². The summed E-state index contributed by atoms with van der Waals surface area (Å²) in [7, 11) is 0. The van der Waals surface area contributed by atoms with E-state index in [1.165, 1.54) is 29.5 Å². The van der Waals surface area contributed by atoms with Crippen molar-refractivity contribution in [3.63, 3.8) is 0 Å². The first-order valence-corrected chi connectivity index (χ1v) is 8.68. The van der Waals surface area contributed by atoms with Gasteiger partial charge in [-0.1, -0.05) is 12.1 Å². The van der Waals surface area contributed by atoms with Crippen LogP contribution in [0, 0.1) is 25.2 Å². The number of hydrogen-bond acceptors (Lipinski definition) is 6. The smallest absolute Gasteiger partial charge is 0.341 e. The summed E-state index contributed by atoms with van der Waals surface area (Å²) in [5.41, 5.74) is 1.53. The number of amides is 1. The van der Waals surface area contributed by atoms with Crippen LogP contribution in [0.3, 0.4) is 0 Å². The molecule has 0 fully saturated rings. The van der Waals surface area contributed by atoms with Crippen LogP contribution in [0.5, 0.6) is 5.75 Å². The van der Waals surface area contributed by atoms with E-state index in [2.05, 4.69) is 5.32 Å². The molecule has 0 saturated heterocycles. The van der Waals surface area contributed by atoms with Gasteiger partial charge in [0.15, 0.2) is 0 Å². The number of benzene rings is 1. The third kappa shape index (κ3) is 4.29. The minimum atomic E-state index is -0.618. The van der Waals surface area contributed by atoms with Gasteiger partial charge < -0.3 is 15.2 Å². The first-order valence-electron chi connectivity index (χ1n) is 7.86. The lowest BCUT2D eigenvalue weighted by Crippen LogP contribution is -2.16. The molecular formula is C19H18N2O4S. The van der Waals surface area contributed by atoms with Crippen molar-refractivity contribution in [1.29, 1.82) is 5.26 Å². The van der Waals surface area contributed by atoms with Crippen molar-refractivity contribution in [2.24, 2.45) is 0 Å². The Morgan fingerprint density at radius 3 is 2.54 bits per heavy atom. The highest BCUT2D eigenvalue weighted by atomic mass is 32.1. The highest BCUT2D eigenvalue weighted by Gasteiger charge is 2.23. The number of aromatic hydroxyl groups is 1. The van der Waals surface area contributed by atoms with E-state index in [4.69, 9.17) is 4.74 Å². The maximum Gasteiger partial charge on any atom is 0.341 e. The molecule has 0 spiro atoms. The molecule has 0 saturated carbocycles. The molecule has 0 unspecified atom stereocenters. The first-order chi connectivity index (χ1) is 12.4. The minimum absolute atomic E-state index is 0.0914. The lowest BCUT2D eigenvalue weighted by Gasteiger charge is -2.07. The average molecular weight is 370 g/mol. The highest BCUT2D eigenvalue weighted by molar-refractivity contribution is 7.16. The fourth-order valence-electron chi connectivity index (χ4n) is 2.22. The van der Waals surface area contributed by atoms with E-state index >= 15 is 0 Å². The maximum absolute atomic E-state index is 12.5. The fraction of sp³-hybridized carbons (Fsp3) is 0.211. The number of hydrogen-bond donors (Lipinski definition) is 2. The molecule has 0 atom stereocenters. The molecule has 0 bridgehead atoms. The summed E-state index contributed by atoms with van der Waals surface area (Å²) in [6, 6.07) is 7.95. The van der Waals surface area contributed by atoms with Crippen molar-refractivity contribution in [3.05, 3.63) is 51.4 Å². The summed E-state index contributed by atoms with van der Waals surface area (Å²) in [6.07, 6.45) is 1.41. The van der Waals surface area contributed by atoms with E-state index in [-0.39, 0.29) is 17.9 Å². The van der Waals surface area contributed by atoms with Crippen molar-refractivity contribution in [2.45, 2.75) is 20.8 Å². The molecule has 134 valence electrons. The van der Waals surface area contributed by atoms with Crippen LogP contribution in [0.25, 0.3) is 6.08 Å². The van der Waals surface area contributed by atoms with Crippen LogP contribution in [0.4, 0.5) is 5.00 Å². The summed E-state index contributed by atoms with van der Waals surface area (Å²) in [5.74, 6) is -1.04. The molecule has 7 heteroatoms. The second-order valence-electron chi connectivity index (χ2n) is 5.42. The predicted octanol–water partition coefficient (Wildman–Crippen LogP) is 3.79. The topological polar surface area (TPSA) is 99.4 Å². The van der Waals surface area contributed by atoms with Gasteiger partial charge >= 0.3 is 5.97 Å². The maximum atomic E-state index is 12.5. The van der Waals surface area contributed by atoms with Gasteiger partial charge in [-0.3, -0.25) is 4.79 Å². The number of esters is 1. The predicted molar refractivity (Wildman–Crippen MR) is 100 cm³/mol. The van der Waals surface area contributed by atoms with Crippen molar-refractivity contribution in [1.82, 2.24) is 0 Å². The number of phenols is 1. The Bertz CT molecular complexity index is 905. The van der Waals surface area contributed by atoms with Gasteiger partial charge in [0.25, 0.3) is 5.91 Å². The number of ether oxygens (including phenoxy) is 1. The molecular weight excluding hydrogens is 352 g/mol. The van der Waals surface area contributed by atoms with Crippen molar-refractivity contribution in [3.8, 4) is 11.8 Å². The van der Waals surface area contributed by atoms with Crippen LogP contribution < -0.4 is 5.32 Å². The molecule has 0 aliphatic carbocycles. The Hall–Kier alpha value is -3.11. The fourth-order valence-corrected chi connectivity index (χ4v) is 3.26. The van der Waals surface area contributed by atoms with E-state index in [9.17, 15) is 20.0 Å². The molecule has 1 aromatic heterocycles. The number of carbonyl (C=O) groups excluding carboxylic acids is 2. The van der Waals surface area contributed by atoms with E-state index in [0.29, 0.717) is 16.1 Å². The number of nitrogens with zero attached hydrogens (tertiary/aromatic N) is 1. The van der Waals surface area contributed by atoms with Crippen LogP contribution in [0.2, 0.25) is 0 Å². The van der Waals surface area contributed by atoms with Gasteiger partial charge in [0.2, 0.25) is 0 Å². The van der Waals surface area contributed by atoms with Crippen LogP contribution in [-0.2, 0) is 9.53 Å². The highest BCUT2D eigenvalue weighted by Crippen LogP contribution is 2.33. The van der Waals surface area contributed by atoms with Gasteiger partial charge in [-0.25, -0.2) is 4.79 Å². The van der Waals surface area contributed by atoms with Gasteiger partial charge in [0.1, 0.15) is 22.4 Å². The van der Waals surface area contributed by atoms with E-state index < -0.39 is 11.9 Å². The Morgan fingerprint density at radius 2 is 1.96 bits per heavy atom. The zero-order valence-electron chi connectivity index (χ0n) is 14.6. The van der Waals surface area contributed by atoms with Crippen molar-refractivity contribution >= 4 is 34.3 Å². The van der Waals surface area contributed by atoms with Gasteiger partial charge in [-0.05, 0) is 50.1 Å². The Morgan fingerprint density at radius 1 is 1.31 bits per heavy atom. The largest absolute Gasteiger partial charge is 0.508 e. The summed E-state index contributed by atoms with van der Waals surface area (Å²) >= 11 is 1.26. The molecule has 1 aromatic carbocycles. The lowest BCUT2D eigenvalue weighted by atomic mass is 10.1. The first kappa shape index (κ1) is 19.2. The van der Waals surface area contributed by atoms with Crippen molar-refractivity contribution in [2.75, 3.05) is 11.9 Å². The SMILES string of the molecule is CCOC(=O)c1c(NC(=O)/C(C#N)=C/c2ccc(O)cc2)sc(C)c1C. The second-order valence-corrected chi connectivity index (χ2v) is 6.65. The standard InChI is InChI=1S/C19H18N2O4S/c1-4-25-19(24)16-11(2)12(3)26-18(16)21-17(23)14(10-20)9-13-5-7-15(22)8-6-13/h5-9,22H,4H2,1-3H3,(H,21,23)/b14-9+. The minimum Gasteiger partial charge on any atom is -0.508 e. The molecule has 2 aromatic rings. The Labute approximate surface area is 155 Å². The Kier molecular flexibility index (Phi) is 6.15. The molecule has 2 N–H and O–H groups in total. The van der Waals surface area contributed by atoms with Gasteiger partial charge in [-0.15, -0.1) is 11.3 Å². The number of phenolic OH excluding ortho intramolecular Hbond substituents is 1. The summed E-state index contributed by atoms with van der Waals surface area (Å²) < 4.78 is 5.05. The monoisotopic (exact) mass is 370 g/mol. The van der Waals surface area contributed by atoms with E-state index in [0.717, 1.165) is 10.4 Å². The second kappa shape index (κ2) is 8.32. The van der Waals surface area contributed by atoms with Crippen LogP contribution in [0.1, 0.15) is 33.3 Å². The lowest BCUT2D eigenvalue weighted by molar-refractivity contribution is -0.112. The molecule has 0 radical (unpaired) electrons. The third-order valence-corrected chi connectivity index (χ3v) is 4.78. The molecule has 1 amide bonds. The summed E-state index contributed by atoms with van der Waals surface area (Å²) in [6.45, 7) is 5.56. The van der Waals surface area contributed by atoms with Crippen molar-refractivity contribution < 1.29 is 19.4 Å². The number of nitrogens with one attached hydrogen (secondary N) is 1. The zero-order chi connectivity index (χ0) is 19.3. The number of nitriles is 1. The normalized spacial score (nSPS) is 10.9. The molecule has 6 nitrogen and oxygen atoms in total. The zero-order valence-corrected chi connectivity index (χ0v) is 15.4. The molecule has 2 rings (SSSR count). The number of carbonyl (C=O) groups is 2. The molecule has 26 heavy (non-hydrogen) atoms. The average Bonchev–Trinajstić information content (AvgIpc) is 2.88. The van der Waals surface area contributed by atoms with Crippen LogP contribution in [0.15, 0.2) is 29.8 Å². The quantitative estimate of drug-likeness (QED) is 0.474. The number of anilines is 1. The molecule has 1 heterocycles. The van der Waals surface area contributed by atoms with Gasteiger partial charge in [-0.2, -0.15) is 5.26 Å². The van der Waals surface area contributed by atoms with Crippen LogP contribution >= 0.6 is 11.3 Å². The number of thiophene rings is 1.